The number of rotatable bonds is 7. The van der Waals surface area contributed by atoms with Gasteiger partial charge in [0.1, 0.15) is 5.82 Å². The summed E-state index contributed by atoms with van der Waals surface area (Å²) in [6.07, 6.45) is 4.52. The van der Waals surface area contributed by atoms with Gasteiger partial charge in [0.05, 0.1) is 0 Å². The number of hydrogen-bond acceptors (Lipinski definition) is 3. The zero-order valence-electron chi connectivity index (χ0n) is 15.5. The molecule has 0 radical (unpaired) electrons. The summed E-state index contributed by atoms with van der Waals surface area (Å²) in [5.74, 6) is 1.95. The number of aliphatic imine (C=N–C) groups is 1. The summed E-state index contributed by atoms with van der Waals surface area (Å²) >= 11 is 8.02. The Morgan fingerprint density at radius 1 is 1.27 bits per heavy atom. The average molecular weight is 515 g/mol. The highest BCUT2D eigenvalue weighted by molar-refractivity contribution is 14.0. The Bertz CT molecular complexity index is 548. The smallest absolute Gasteiger partial charge is 0.193 e. The fourth-order valence-corrected chi connectivity index (χ4v) is 3.64. The molecule has 4 nitrogen and oxygen atoms in total. The number of thioether (sulfide) groups is 1. The lowest BCUT2D eigenvalue weighted by atomic mass is 10.2. The molecule has 26 heavy (non-hydrogen) atoms. The predicted molar refractivity (Wildman–Crippen MR) is 123 cm³/mol. The Hall–Kier alpha value is -0.250. The fraction of sp³-hybridized carbons (Fsp3) is 0.611. The zero-order valence-corrected chi connectivity index (χ0v) is 19.4. The Morgan fingerprint density at radius 3 is 2.62 bits per heavy atom. The van der Waals surface area contributed by atoms with Gasteiger partial charge in [0.2, 0.25) is 0 Å². The molecule has 0 spiro atoms. The molecule has 0 bridgehead atoms. The van der Waals surface area contributed by atoms with Crippen molar-refractivity contribution >= 4 is 53.3 Å². The lowest BCUT2D eigenvalue weighted by Crippen LogP contribution is -2.52. The van der Waals surface area contributed by atoms with Gasteiger partial charge in [-0.25, -0.2) is 4.39 Å². The molecule has 2 rings (SSSR count). The standard InChI is InChI=1S/C18H28ClFN4S.HI/c1-21-18(22-8-3-4-13-25-2)24-11-9-23(10-12-24)14-15-16(19)6-5-7-17(15)20;/h5-7H,3-4,8-14H2,1-2H3,(H,21,22);1H. The molecule has 148 valence electrons. The van der Waals surface area contributed by atoms with Gasteiger partial charge in [-0.15, -0.1) is 24.0 Å². The van der Waals surface area contributed by atoms with Crippen molar-refractivity contribution in [2.45, 2.75) is 19.4 Å². The van der Waals surface area contributed by atoms with E-state index in [2.05, 4.69) is 26.4 Å². The van der Waals surface area contributed by atoms with E-state index < -0.39 is 0 Å². The van der Waals surface area contributed by atoms with Crippen LogP contribution < -0.4 is 5.32 Å². The maximum absolute atomic E-state index is 13.9. The SMILES string of the molecule is CN=C(NCCCCSC)N1CCN(Cc2c(F)cccc2Cl)CC1.I. The van der Waals surface area contributed by atoms with E-state index in [1.54, 1.807) is 12.1 Å². The summed E-state index contributed by atoms with van der Waals surface area (Å²) in [5.41, 5.74) is 0.592. The van der Waals surface area contributed by atoms with E-state index in [4.69, 9.17) is 11.6 Å². The number of unbranched alkanes of at least 4 members (excludes halogenated alkanes) is 1. The van der Waals surface area contributed by atoms with Gasteiger partial charge >= 0.3 is 0 Å². The van der Waals surface area contributed by atoms with Gasteiger partial charge in [-0.1, -0.05) is 17.7 Å². The molecule has 1 fully saturated rings. The van der Waals surface area contributed by atoms with Crippen molar-refractivity contribution in [2.24, 2.45) is 4.99 Å². The topological polar surface area (TPSA) is 30.9 Å². The summed E-state index contributed by atoms with van der Waals surface area (Å²) < 4.78 is 13.9. The molecule has 0 aliphatic carbocycles. The minimum Gasteiger partial charge on any atom is -0.356 e. The van der Waals surface area contributed by atoms with Crippen LogP contribution in [0.15, 0.2) is 23.2 Å². The second kappa shape index (κ2) is 13.0. The van der Waals surface area contributed by atoms with Gasteiger partial charge < -0.3 is 10.2 Å². The van der Waals surface area contributed by atoms with E-state index in [0.717, 1.165) is 45.1 Å². The number of nitrogens with zero attached hydrogens (tertiary/aromatic N) is 3. The van der Waals surface area contributed by atoms with Crippen LogP contribution in [0.2, 0.25) is 5.02 Å². The molecule has 1 aromatic rings. The van der Waals surface area contributed by atoms with Gasteiger partial charge in [0.25, 0.3) is 0 Å². The number of hydrogen-bond donors (Lipinski definition) is 1. The highest BCUT2D eigenvalue weighted by Crippen LogP contribution is 2.21. The molecule has 0 atom stereocenters. The van der Waals surface area contributed by atoms with Crippen molar-refractivity contribution < 1.29 is 4.39 Å². The molecule has 0 amide bonds. The molecule has 1 aromatic carbocycles. The monoisotopic (exact) mass is 514 g/mol. The van der Waals surface area contributed by atoms with Crippen molar-refractivity contribution in [3.05, 3.63) is 34.6 Å². The normalized spacial score (nSPS) is 15.7. The summed E-state index contributed by atoms with van der Waals surface area (Å²) in [4.78, 5) is 8.91. The van der Waals surface area contributed by atoms with Crippen LogP contribution in [-0.4, -0.2) is 67.5 Å². The third kappa shape index (κ3) is 7.40. The van der Waals surface area contributed by atoms with Crippen LogP contribution in [0, 0.1) is 5.82 Å². The van der Waals surface area contributed by atoms with Crippen molar-refractivity contribution in [2.75, 3.05) is 51.8 Å². The van der Waals surface area contributed by atoms with Crippen molar-refractivity contribution in [3.63, 3.8) is 0 Å². The summed E-state index contributed by atoms with van der Waals surface area (Å²) in [5, 5.41) is 3.95. The van der Waals surface area contributed by atoms with Crippen molar-refractivity contribution in [1.82, 2.24) is 15.1 Å². The summed E-state index contributed by atoms with van der Waals surface area (Å²) in [7, 11) is 1.83. The van der Waals surface area contributed by atoms with E-state index in [-0.39, 0.29) is 29.8 Å². The zero-order chi connectivity index (χ0) is 18.1. The third-order valence-electron chi connectivity index (χ3n) is 4.39. The molecule has 1 N–H and O–H groups in total. The van der Waals surface area contributed by atoms with Crippen LogP contribution in [0.25, 0.3) is 0 Å². The first-order valence-electron chi connectivity index (χ1n) is 8.75. The summed E-state index contributed by atoms with van der Waals surface area (Å²) in [6.45, 7) is 5.03. The first-order valence-corrected chi connectivity index (χ1v) is 10.5. The Kier molecular flexibility index (Phi) is 11.9. The minimum atomic E-state index is -0.224. The Labute approximate surface area is 183 Å². The largest absolute Gasteiger partial charge is 0.356 e. The molecule has 0 saturated carbocycles. The van der Waals surface area contributed by atoms with Gasteiger partial charge in [0.15, 0.2) is 5.96 Å². The molecule has 1 aliphatic rings. The van der Waals surface area contributed by atoms with Gasteiger partial charge in [0, 0.05) is 56.9 Å². The molecule has 0 aromatic heterocycles. The Morgan fingerprint density at radius 2 is 2.00 bits per heavy atom. The third-order valence-corrected chi connectivity index (χ3v) is 5.44. The number of piperazine rings is 1. The van der Waals surface area contributed by atoms with Gasteiger partial charge in [-0.3, -0.25) is 9.89 Å². The number of nitrogens with one attached hydrogen (secondary N) is 1. The first-order chi connectivity index (χ1) is 12.2. The second-order valence-corrected chi connectivity index (χ2v) is 7.53. The fourth-order valence-electron chi connectivity index (χ4n) is 2.93. The maximum atomic E-state index is 13.9. The summed E-state index contributed by atoms with van der Waals surface area (Å²) in [6, 6.07) is 4.87. The van der Waals surface area contributed by atoms with Crippen LogP contribution in [0.3, 0.4) is 0 Å². The minimum absolute atomic E-state index is 0. The first kappa shape index (κ1) is 23.8. The van der Waals surface area contributed by atoms with E-state index in [0.29, 0.717) is 17.1 Å². The lowest BCUT2D eigenvalue weighted by Gasteiger charge is -2.36. The quantitative estimate of drug-likeness (QED) is 0.259. The van der Waals surface area contributed by atoms with E-state index >= 15 is 0 Å². The van der Waals surface area contributed by atoms with E-state index in [1.165, 1.54) is 18.2 Å². The lowest BCUT2D eigenvalue weighted by molar-refractivity contribution is 0.171. The van der Waals surface area contributed by atoms with Crippen molar-refractivity contribution in [1.29, 1.82) is 0 Å². The molecule has 0 unspecified atom stereocenters. The van der Waals surface area contributed by atoms with Gasteiger partial charge in [-0.05, 0) is 37.0 Å². The second-order valence-electron chi connectivity index (χ2n) is 6.14. The molecule has 1 heterocycles. The van der Waals surface area contributed by atoms with Crippen LogP contribution in [0.4, 0.5) is 4.39 Å². The number of benzene rings is 1. The van der Waals surface area contributed by atoms with E-state index in [9.17, 15) is 4.39 Å². The van der Waals surface area contributed by atoms with E-state index in [1.807, 2.05) is 18.8 Å². The maximum Gasteiger partial charge on any atom is 0.193 e. The van der Waals surface area contributed by atoms with Crippen molar-refractivity contribution in [3.8, 4) is 0 Å². The van der Waals surface area contributed by atoms with Crippen LogP contribution in [0.5, 0.6) is 0 Å². The van der Waals surface area contributed by atoms with Crippen LogP contribution in [-0.2, 0) is 6.54 Å². The van der Waals surface area contributed by atoms with Gasteiger partial charge in [-0.2, -0.15) is 11.8 Å². The molecule has 1 aliphatic heterocycles. The number of halogens is 3. The highest BCUT2D eigenvalue weighted by Gasteiger charge is 2.21. The van der Waals surface area contributed by atoms with Crippen LogP contribution >= 0.6 is 47.3 Å². The number of guanidine groups is 1. The highest BCUT2D eigenvalue weighted by atomic mass is 127. The molecule has 1 saturated heterocycles. The molecule has 8 heteroatoms. The average Bonchev–Trinajstić information content (AvgIpc) is 2.62. The molecular weight excluding hydrogens is 486 g/mol. The predicted octanol–water partition coefficient (Wildman–Crippen LogP) is 3.93. The molecular formula is C18H29ClFIN4S. The Balaban J connectivity index is 0.00000338. The van der Waals surface area contributed by atoms with Crippen LogP contribution in [0.1, 0.15) is 18.4 Å².